The van der Waals surface area contributed by atoms with Crippen LogP contribution in [-0.4, -0.2) is 10.2 Å². The second-order valence-corrected chi connectivity index (χ2v) is 9.57. The van der Waals surface area contributed by atoms with Crippen molar-refractivity contribution in [2.45, 2.75) is 97.8 Å². The molecule has 0 amide bonds. The van der Waals surface area contributed by atoms with Crippen molar-refractivity contribution < 1.29 is 10.2 Å². The van der Waals surface area contributed by atoms with Gasteiger partial charge in [0, 0.05) is 17.0 Å². The number of phenolic OH excluding ortho intramolecular Hbond substituents is 2. The average molecular weight is 373 g/mol. The first-order valence-corrected chi connectivity index (χ1v) is 10.9. The van der Waals surface area contributed by atoms with Gasteiger partial charge in [0.05, 0.1) is 0 Å². The first-order chi connectivity index (χ1) is 12.7. The summed E-state index contributed by atoms with van der Waals surface area (Å²) in [6, 6.07) is 3.73. The molecule has 0 aliphatic heterocycles. The molecule has 0 aromatic heterocycles. The van der Waals surface area contributed by atoms with Gasteiger partial charge >= 0.3 is 0 Å². The third-order valence-electron chi connectivity index (χ3n) is 6.57. The second kappa shape index (κ2) is 9.17. The van der Waals surface area contributed by atoms with Crippen molar-refractivity contribution in [3.05, 3.63) is 34.9 Å². The van der Waals surface area contributed by atoms with E-state index in [-0.39, 0.29) is 17.1 Å². The van der Waals surface area contributed by atoms with Gasteiger partial charge in [-0.05, 0) is 49.5 Å². The van der Waals surface area contributed by atoms with Crippen molar-refractivity contribution in [3.8, 4) is 11.5 Å². The molecule has 0 saturated carbocycles. The molecule has 2 N–H and O–H groups in total. The zero-order chi connectivity index (χ0) is 20.2. The molecule has 0 radical (unpaired) electrons. The zero-order valence-electron chi connectivity index (χ0n) is 18.3. The number of rotatable bonds is 8. The summed E-state index contributed by atoms with van der Waals surface area (Å²) in [5.41, 5.74) is 2.99. The van der Waals surface area contributed by atoms with Gasteiger partial charge in [0.15, 0.2) is 0 Å². The molecular weight excluding hydrogens is 332 g/mol. The average Bonchev–Trinajstić information content (AvgIpc) is 2.58. The van der Waals surface area contributed by atoms with Gasteiger partial charge in [-0.1, -0.05) is 78.0 Å². The summed E-state index contributed by atoms with van der Waals surface area (Å²) < 4.78 is 0. The molecule has 2 heteroatoms. The molecule has 2 unspecified atom stereocenters. The van der Waals surface area contributed by atoms with Crippen LogP contribution in [0.2, 0.25) is 0 Å². The standard InChI is InChI=1S/C25H40O2/c1-7-8-9-10-15-25(5,6)21-13-14-22(26)23(24(21)27)20-16-18(4)11-12-19(20)17(2)3/h13-14,16-17,19-20,26-27H,7-12,15H2,1-6H3. The second-order valence-electron chi connectivity index (χ2n) is 9.57. The molecule has 1 aliphatic rings. The van der Waals surface area contributed by atoms with E-state index < -0.39 is 0 Å². The van der Waals surface area contributed by atoms with Gasteiger partial charge in [-0.15, -0.1) is 0 Å². The fraction of sp³-hybridized carbons (Fsp3) is 0.680. The fourth-order valence-electron chi connectivity index (χ4n) is 4.73. The Morgan fingerprint density at radius 3 is 2.44 bits per heavy atom. The van der Waals surface area contributed by atoms with Crippen LogP contribution < -0.4 is 0 Å². The summed E-state index contributed by atoms with van der Waals surface area (Å²) in [7, 11) is 0. The van der Waals surface area contributed by atoms with Gasteiger partial charge in [-0.3, -0.25) is 0 Å². The van der Waals surface area contributed by atoms with Crippen molar-refractivity contribution in [2.24, 2.45) is 11.8 Å². The Bertz CT molecular complexity index is 655. The zero-order valence-corrected chi connectivity index (χ0v) is 18.3. The van der Waals surface area contributed by atoms with E-state index in [0.717, 1.165) is 30.4 Å². The number of unbranched alkanes of at least 4 members (excludes halogenated alkanes) is 3. The number of aromatic hydroxyl groups is 2. The van der Waals surface area contributed by atoms with Crippen molar-refractivity contribution in [1.82, 2.24) is 0 Å². The quantitative estimate of drug-likeness (QED) is 0.367. The summed E-state index contributed by atoms with van der Waals surface area (Å²) in [4.78, 5) is 0. The molecule has 0 saturated heterocycles. The third kappa shape index (κ3) is 5.09. The van der Waals surface area contributed by atoms with E-state index in [1.807, 2.05) is 6.07 Å². The molecule has 2 nitrogen and oxygen atoms in total. The van der Waals surface area contributed by atoms with Crippen LogP contribution in [0.15, 0.2) is 23.8 Å². The van der Waals surface area contributed by atoms with Gasteiger partial charge in [0.25, 0.3) is 0 Å². The maximum absolute atomic E-state index is 11.3. The Kier molecular flexibility index (Phi) is 7.42. The molecular formula is C25H40O2. The first-order valence-electron chi connectivity index (χ1n) is 10.9. The number of allylic oxidation sites excluding steroid dienone is 2. The van der Waals surface area contributed by atoms with Gasteiger partial charge in [-0.25, -0.2) is 0 Å². The van der Waals surface area contributed by atoms with Crippen LogP contribution in [-0.2, 0) is 5.41 Å². The highest BCUT2D eigenvalue weighted by molar-refractivity contribution is 5.55. The summed E-state index contributed by atoms with van der Waals surface area (Å²) in [5.74, 6) is 1.61. The van der Waals surface area contributed by atoms with Crippen LogP contribution in [0.5, 0.6) is 11.5 Å². The minimum atomic E-state index is -0.0962. The molecule has 27 heavy (non-hydrogen) atoms. The lowest BCUT2D eigenvalue weighted by molar-refractivity contribution is 0.302. The Morgan fingerprint density at radius 2 is 1.81 bits per heavy atom. The SMILES string of the molecule is CCCCCCC(C)(C)c1ccc(O)c(C2C=C(C)CCC2C(C)C)c1O. The topological polar surface area (TPSA) is 40.5 Å². The Hall–Kier alpha value is -1.44. The lowest BCUT2D eigenvalue weighted by Gasteiger charge is -2.35. The fourth-order valence-corrected chi connectivity index (χ4v) is 4.73. The summed E-state index contributed by atoms with van der Waals surface area (Å²) in [6.07, 6.45) is 10.5. The predicted octanol–water partition coefficient (Wildman–Crippen LogP) is 7.44. The largest absolute Gasteiger partial charge is 0.508 e. The molecule has 2 atom stereocenters. The monoisotopic (exact) mass is 372 g/mol. The number of benzene rings is 1. The third-order valence-corrected chi connectivity index (χ3v) is 6.57. The molecule has 152 valence electrons. The molecule has 0 bridgehead atoms. The highest BCUT2D eigenvalue weighted by Crippen LogP contribution is 2.49. The van der Waals surface area contributed by atoms with Crippen LogP contribution in [0.25, 0.3) is 0 Å². The van der Waals surface area contributed by atoms with Crippen molar-refractivity contribution in [1.29, 1.82) is 0 Å². The van der Waals surface area contributed by atoms with Crippen LogP contribution >= 0.6 is 0 Å². The summed E-state index contributed by atoms with van der Waals surface area (Å²) >= 11 is 0. The normalized spacial score (nSPS) is 20.8. The van der Waals surface area contributed by atoms with Crippen LogP contribution in [0.3, 0.4) is 0 Å². The number of phenols is 2. The number of hydrogen-bond acceptors (Lipinski definition) is 2. The molecule has 0 fully saturated rings. The molecule has 1 aliphatic carbocycles. The van der Waals surface area contributed by atoms with E-state index in [2.05, 4.69) is 47.6 Å². The van der Waals surface area contributed by atoms with Gasteiger partial charge in [0.1, 0.15) is 11.5 Å². The molecule has 0 spiro atoms. The number of hydrogen-bond donors (Lipinski definition) is 2. The Labute approximate surface area is 166 Å². The Balaban J connectivity index is 2.40. The maximum Gasteiger partial charge on any atom is 0.126 e. The molecule has 0 heterocycles. The van der Waals surface area contributed by atoms with E-state index >= 15 is 0 Å². The minimum Gasteiger partial charge on any atom is -0.508 e. The Morgan fingerprint density at radius 1 is 1.11 bits per heavy atom. The highest BCUT2D eigenvalue weighted by atomic mass is 16.3. The summed E-state index contributed by atoms with van der Waals surface area (Å²) in [5, 5.41) is 21.9. The van der Waals surface area contributed by atoms with Gasteiger partial charge in [0.2, 0.25) is 0 Å². The maximum atomic E-state index is 11.3. The summed E-state index contributed by atoms with van der Waals surface area (Å²) in [6.45, 7) is 13.3. The van der Waals surface area contributed by atoms with E-state index in [1.165, 1.54) is 31.3 Å². The molecule has 2 rings (SSSR count). The minimum absolute atomic E-state index is 0.0922. The van der Waals surface area contributed by atoms with E-state index in [0.29, 0.717) is 17.6 Å². The molecule has 1 aromatic carbocycles. The van der Waals surface area contributed by atoms with Crippen LogP contribution in [0.4, 0.5) is 0 Å². The predicted molar refractivity (Wildman–Crippen MR) is 116 cm³/mol. The van der Waals surface area contributed by atoms with Crippen molar-refractivity contribution in [3.63, 3.8) is 0 Å². The van der Waals surface area contributed by atoms with Crippen molar-refractivity contribution in [2.75, 3.05) is 0 Å². The lowest BCUT2D eigenvalue weighted by Crippen LogP contribution is -2.23. The highest BCUT2D eigenvalue weighted by Gasteiger charge is 2.34. The van der Waals surface area contributed by atoms with E-state index in [9.17, 15) is 10.2 Å². The van der Waals surface area contributed by atoms with Crippen LogP contribution in [0, 0.1) is 11.8 Å². The van der Waals surface area contributed by atoms with Crippen LogP contribution in [0.1, 0.15) is 104 Å². The van der Waals surface area contributed by atoms with Gasteiger partial charge < -0.3 is 10.2 Å². The molecule has 1 aromatic rings. The smallest absolute Gasteiger partial charge is 0.126 e. The van der Waals surface area contributed by atoms with E-state index in [4.69, 9.17) is 0 Å². The van der Waals surface area contributed by atoms with E-state index in [1.54, 1.807) is 6.07 Å². The van der Waals surface area contributed by atoms with Crippen molar-refractivity contribution >= 4 is 0 Å². The first kappa shape index (κ1) is 21.9. The van der Waals surface area contributed by atoms with Gasteiger partial charge in [-0.2, -0.15) is 0 Å². The lowest BCUT2D eigenvalue weighted by atomic mass is 9.70.